The number of hydrogen-bond donors (Lipinski definition) is 0. The molecule has 0 atom stereocenters. The first kappa shape index (κ1) is 10.2. The minimum Gasteiger partial charge on any atom is -0.323 e. The molecule has 0 unspecified atom stereocenters. The van der Waals surface area contributed by atoms with Crippen LogP contribution >= 0.6 is 7.14 Å². The second-order valence-electron chi connectivity index (χ2n) is 3.85. The van der Waals surface area contributed by atoms with Crippen molar-refractivity contribution < 1.29 is 13.3 Å². The lowest BCUT2D eigenvalue weighted by molar-refractivity contribution is -0.00887. The van der Waals surface area contributed by atoms with Crippen molar-refractivity contribution in [2.75, 3.05) is 12.3 Å². The van der Waals surface area contributed by atoms with Crippen molar-refractivity contribution in [1.82, 2.24) is 0 Å². The molecule has 1 aliphatic heterocycles. The summed E-state index contributed by atoms with van der Waals surface area (Å²) in [4.78, 5) is 0. The van der Waals surface area contributed by atoms with E-state index >= 15 is 0 Å². The summed E-state index contributed by atoms with van der Waals surface area (Å²) in [5, 5.41) is 0. The van der Waals surface area contributed by atoms with Crippen LogP contribution in [-0.2, 0) is 4.57 Å². The standard InChI is InChI=1S/C8H15F2OP/c1-7(2)12(11)5-3-8(9,10)4-6-12/h7H,3-6H2,1-2H3. The molecule has 1 aliphatic rings. The van der Waals surface area contributed by atoms with Crippen LogP contribution in [0.15, 0.2) is 0 Å². The van der Waals surface area contributed by atoms with E-state index in [0.717, 1.165) is 0 Å². The second kappa shape index (κ2) is 3.10. The molecule has 0 radical (unpaired) electrons. The van der Waals surface area contributed by atoms with E-state index in [1.165, 1.54) is 0 Å². The Hall–Kier alpha value is 0.0900. The van der Waals surface area contributed by atoms with Crippen LogP contribution in [-0.4, -0.2) is 23.9 Å². The normalized spacial score (nSPS) is 27.4. The van der Waals surface area contributed by atoms with Crippen molar-refractivity contribution in [2.24, 2.45) is 0 Å². The molecule has 1 nitrogen and oxygen atoms in total. The Morgan fingerprint density at radius 2 is 1.67 bits per heavy atom. The SMILES string of the molecule is CC(C)P1(=O)CCC(F)(F)CC1. The molecule has 0 amide bonds. The zero-order chi connectivity index (χ0) is 9.41. The Kier molecular flexibility index (Phi) is 2.63. The Balaban J connectivity index is 2.62. The molecular weight excluding hydrogens is 181 g/mol. The van der Waals surface area contributed by atoms with E-state index in [2.05, 4.69) is 0 Å². The fraction of sp³-hybridized carbons (Fsp3) is 1.00. The quantitative estimate of drug-likeness (QED) is 0.588. The second-order valence-corrected chi connectivity index (χ2v) is 7.68. The minimum absolute atomic E-state index is 0.0774. The number of alkyl halides is 2. The Labute approximate surface area is 71.9 Å². The van der Waals surface area contributed by atoms with Crippen molar-refractivity contribution in [3.63, 3.8) is 0 Å². The average Bonchev–Trinajstić information content (AvgIpc) is 1.96. The van der Waals surface area contributed by atoms with Gasteiger partial charge in [-0.25, -0.2) is 8.78 Å². The highest BCUT2D eigenvalue weighted by molar-refractivity contribution is 7.64. The van der Waals surface area contributed by atoms with Crippen LogP contribution in [0.1, 0.15) is 26.7 Å². The van der Waals surface area contributed by atoms with E-state index < -0.39 is 13.1 Å². The molecule has 1 heterocycles. The van der Waals surface area contributed by atoms with E-state index in [1.54, 1.807) is 0 Å². The van der Waals surface area contributed by atoms with Gasteiger partial charge in [0.2, 0.25) is 5.92 Å². The number of halogens is 2. The van der Waals surface area contributed by atoms with Crippen molar-refractivity contribution >= 4 is 7.14 Å². The molecule has 1 saturated heterocycles. The molecule has 0 aromatic rings. The molecule has 0 aromatic carbocycles. The summed E-state index contributed by atoms with van der Waals surface area (Å²) in [7, 11) is -2.25. The summed E-state index contributed by atoms with van der Waals surface area (Å²) >= 11 is 0. The highest BCUT2D eigenvalue weighted by Crippen LogP contribution is 2.57. The van der Waals surface area contributed by atoms with E-state index in [4.69, 9.17) is 0 Å². The molecule has 0 spiro atoms. The third-order valence-electron chi connectivity index (χ3n) is 2.65. The fourth-order valence-electron chi connectivity index (χ4n) is 1.46. The van der Waals surface area contributed by atoms with Gasteiger partial charge in [0.15, 0.2) is 0 Å². The van der Waals surface area contributed by atoms with Crippen LogP contribution in [0.4, 0.5) is 8.78 Å². The van der Waals surface area contributed by atoms with Crippen molar-refractivity contribution in [3.05, 3.63) is 0 Å². The van der Waals surface area contributed by atoms with Gasteiger partial charge in [0.05, 0.1) is 7.14 Å². The molecule has 1 rings (SSSR count). The first-order chi connectivity index (χ1) is 5.36. The predicted molar refractivity (Wildman–Crippen MR) is 46.7 cm³/mol. The van der Waals surface area contributed by atoms with Gasteiger partial charge in [-0.2, -0.15) is 0 Å². The van der Waals surface area contributed by atoms with Crippen molar-refractivity contribution in [1.29, 1.82) is 0 Å². The molecule has 12 heavy (non-hydrogen) atoms. The first-order valence-corrected chi connectivity index (χ1v) is 6.46. The maximum atomic E-state index is 12.7. The molecular formula is C8H15F2OP. The lowest BCUT2D eigenvalue weighted by Crippen LogP contribution is -2.27. The zero-order valence-electron chi connectivity index (χ0n) is 7.52. The van der Waals surface area contributed by atoms with E-state index in [0.29, 0.717) is 0 Å². The van der Waals surface area contributed by atoms with Gasteiger partial charge in [0.1, 0.15) is 0 Å². The summed E-state index contributed by atoms with van der Waals surface area (Å²) in [6, 6.07) is 0. The third kappa shape index (κ3) is 2.07. The van der Waals surface area contributed by atoms with Gasteiger partial charge in [0.25, 0.3) is 0 Å². The van der Waals surface area contributed by atoms with Crippen LogP contribution in [0, 0.1) is 0 Å². The minimum atomic E-state index is -2.55. The zero-order valence-corrected chi connectivity index (χ0v) is 8.41. The topological polar surface area (TPSA) is 17.1 Å². The summed E-state index contributed by atoms with van der Waals surface area (Å²) in [6.45, 7) is 3.73. The van der Waals surface area contributed by atoms with E-state index in [-0.39, 0.29) is 30.8 Å². The van der Waals surface area contributed by atoms with Crippen LogP contribution in [0.3, 0.4) is 0 Å². The van der Waals surface area contributed by atoms with Gasteiger partial charge in [-0.05, 0) is 0 Å². The predicted octanol–water partition coefficient (Wildman–Crippen LogP) is 3.19. The lowest BCUT2D eigenvalue weighted by atomic mass is 10.2. The van der Waals surface area contributed by atoms with Gasteiger partial charge in [-0.1, -0.05) is 13.8 Å². The van der Waals surface area contributed by atoms with Gasteiger partial charge in [-0.3, -0.25) is 0 Å². The Bertz CT molecular complexity index is 199. The Morgan fingerprint density at radius 1 is 1.25 bits per heavy atom. The highest BCUT2D eigenvalue weighted by atomic mass is 31.2. The van der Waals surface area contributed by atoms with Crippen LogP contribution in [0.5, 0.6) is 0 Å². The maximum absolute atomic E-state index is 12.7. The third-order valence-corrected chi connectivity index (χ3v) is 6.50. The molecule has 72 valence electrons. The summed E-state index contributed by atoms with van der Waals surface area (Å²) in [5.74, 6) is -2.55. The van der Waals surface area contributed by atoms with E-state index in [9.17, 15) is 13.3 Å². The number of rotatable bonds is 1. The maximum Gasteiger partial charge on any atom is 0.249 e. The van der Waals surface area contributed by atoms with Crippen LogP contribution in [0.25, 0.3) is 0 Å². The van der Waals surface area contributed by atoms with Crippen molar-refractivity contribution in [2.45, 2.75) is 38.3 Å². The van der Waals surface area contributed by atoms with Gasteiger partial charge >= 0.3 is 0 Å². The largest absolute Gasteiger partial charge is 0.323 e. The first-order valence-electron chi connectivity index (χ1n) is 4.31. The summed E-state index contributed by atoms with van der Waals surface area (Å²) in [6.07, 6.45) is 0.111. The lowest BCUT2D eigenvalue weighted by Gasteiger charge is -2.31. The smallest absolute Gasteiger partial charge is 0.249 e. The monoisotopic (exact) mass is 196 g/mol. The molecule has 0 N–H and O–H groups in total. The van der Waals surface area contributed by atoms with Crippen LogP contribution in [0.2, 0.25) is 0 Å². The van der Waals surface area contributed by atoms with Gasteiger partial charge < -0.3 is 4.57 Å². The Morgan fingerprint density at radius 3 is 2.00 bits per heavy atom. The molecule has 0 aromatic heterocycles. The summed E-state index contributed by atoms with van der Waals surface area (Å²) < 4.78 is 37.3. The summed E-state index contributed by atoms with van der Waals surface area (Å²) in [5.41, 5.74) is 0.0774. The molecule has 1 fully saturated rings. The molecule has 0 bridgehead atoms. The van der Waals surface area contributed by atoms with Gasteiger partial charge in [-0.15, -0.1) is 0 Å². The van der Waals surface area contributed by atoms with Crippen molar-refractivity contribution in [3.8, 4) is 0 Å². The average molecular weight is 196 g/mol. The van der Waals surface area contributed by atoms with Crippen LogP contribution < -0.4 is 0 Å². The van der Waals surface area contributed by atoms with Gasteiger partial charge in [0, 0.05) is 30.8 Å². The molecule has 0 saturated carbocycles. The molecule has 4 heteroatoms. The fourth-order valence-corrected chi connectivity index (χ4v) is 4.13. The highest BCUT2D eigenvalue weighted by Gasteiger charge is 2.41. The number of hydrogen-bond acceptors (Lipinski definition) is 1. The molecule has 0 aliphatic carbocycles. The van der Waals surface area contributed by atoms with E-state index in [1.807, 2.05) is 13.8 Å².